The van der Waals surface area contributed by atoms with Crippen LogP contribution in [0.15, 0.2) is 46.9 Å². The Bertz CT molecular complexity index is 981. The summed E-state index contributed by atoms with van der Waals surface area (Å²) in [6, 6.07) is 10.6. The standard InChI is InChI=1S/C18H15N3O6/c1-11(22)13-5-8-15(16(9-13)25-2)26-10-17-19-20-18(27-17)12-3-6-14(7-4-12)21(23)24/h3-9H,10H2,1-2H3. The van der Waals surface area contributed by atoms with E-state index in [0.717, 1.165) is 0 Å². The van der Waals surface area contributed by atoms with Crippen molar-refractivity contribution in [1.82, 2.24) is 10.2 Å². The van der Waals surface area contributed by atoms with Crippen LogP contribution in [0.2, 0.25) is 0 Å². The van der Waals surface area contributed by atoms with Crippen LogP contribution >= 0.6 is 0 Å². The summed E-state index contributed by atoms with van der Waals surface area (Å²) in [6.07, 6.45) is 0. The van der Waals surface area contributed by atoms with E-state index in [1.165, 1.54) is 38.3 Å². The quantitative estimate of drug-likeness (QED) is 0.353. The van der Waals surface area contributed by atoms with Gasteiger partial charge in [-0.3, -0.25) is 14.9 Å². The summed E-state index contributed by atoms with van der Waals surface area (Å²) in [5, 5.41) is 18.5. The van der Waals surface area contributed by atoms with Crippen molar-refractivity contribution in [2.24, 2.45) is 0 Å². The van der Waals surface area contributed by atoms with Crippen molar-refractivity contribution in [2.45, 2.75) is 13.5 Å². The average Bonchev–Trinajstić information content (AvgIpc) is 3.15. The predicted octanol–water partition coefficient (Wildman–Crippen LogP) is 3.44. The molecule has 0 amide bonds. The fraction of sp³-hybridized carbons (Fsp3) is 0.167. The van der Waals surface area contributed by atoms with Crippen LogP contribution in [0.25, 0.3) is 11.5 Å². The summed E-state index contributed by atoms with van der Waals surface area (Å²) in [4.78, 5) is 21.6. The van der Waals surface area contributed by atoms with Gasteiger partial charge in [0.15, 0.2) is 23.9 Å². The number of carbonyl (C=O) groups is 1. The number of carbonyl (C=O) groups excluding carboxylic acids is 1. The zero-order chi connectivity index (χ0) is 19.4. The second-order valence-corrected chi connectivity index (χ2v) is 5.52. The molecule has 1 aromatic heterocycles. The number of nitrogens with zero attached hydrogens (tertiary/aromatic N) is 3. The van der Waals surface area contributed by atoms with Crippen LogP contribution in [0.3, 0.4) is 0 Å². The van der Waals surface area contributed by atoms with Crippen molar-refractivity contribution in [1.29, 1.82) is 0 Å². The number of ketones is 1. The van der Waals surface area contributed by atoms with Gasteiger partial charge in [0.25, 0.3) is 11.6 Å². The first-order valence-electron chi connectivity index (χ1n) is 7.87. The maximum Gasteiger partial charge on any atom is 0.269 e. The molecule has 0 saturated heterocycles. The van der Waals surface area contributed by atoms with E-state index >= 15 is 0 Å². The Morgan fingerprint density at radius 2 is 1.89 bits per heavy atom. The summed E-state index contributed by atoms with van der Waals surface area (Å²) in [5.74, 6) is 1.21. The maximum atomic E-state index is 11.4. The van der Waals surface area contributed by atoms with Crippen LogP contribution in [0.4, 0.5) is 5.69 Å². The number of benzene rings is 2. The molecule has 9 nitrogen and oxygen atoms in total. The average molecular weight is 369 g/mol. The molecule has 3 aromatic rings. The third-order valence-electron chi connectivity index (χ3n) is 3.71. The minimum absolute atomic E-state index is 0.00421. The van der Waals surface area contributed by atoms with Crippen molar-refractivity contribution in [2.75, 3.05) is 7.11 Å². The van der Waals surface area contributed by atoms with E-state index in [0.29, 0.717) is 22.6 Å². The molecule has 0 aliphatic heterocycles. The molecule has 0 N–H and O–H groups in total. The summed E-state index contributed by atoms with van der Waals surface area (Å²) >= 11 is 0. The molecule has 0 bridgehead atoms. The highest BCUT2D eigenvalue weighted by Gasteiger charge is 2.13. The number of methoxy groups -OCH3 is 1. The highest BCUT2D eigenvalue weighted by atomic mass is 16.6. The largest absolute Gasteiger partial charge is 0.493 e. The Hall–Kier alpha value is -3.75. The van der Waals surface area contributed by atoms with E-state index < -0.39 is 4.92 Å². The number of non-ortho nitro benzene ring substituents is 1. The van der Waals surface area contributed by atoms with Gasteiger partial charge in [-0.15, -0.1) is 10.2 Å². The molecule has 3 rings (SSSR count). The van der Waals surface area contributed by atoms with Crippen LogP contribution in [0.1, 0.15) is 23.2 Å². The Labute approximate surface area is 153 Å². The zero-order valence-corrected chi connectivity index (χ0v) is 14.5. The van der Waals surface area contributed by atoms with E-state index in [1.807, 2.05) is 0 Å². The lowest BCUT2D eigenvalue weighted by atomic mass is 10.1. The molecule has 0 aliphatic carbocycles. The van der Waals surface area contributed by atoms with Gasteiger partial charge in [-0.25, -0.2) is 0 Å². The lowest BCUT2D eigenvalue weighted by Gasteiger charge is -2.10. The molecular formula is C18H15N3O6. The van der Waals surface area contributed by atoms with Crippen molar-refractivity contribution in [3.05, 3.63) is 64.0 Å². The third-order valence-corrected chi connectivity index (χ3v) is 3.71. The number of aromatic nitrogens is 2. The van der Waals surface area contributed by atoms with Crippen LogP contribution in [-0.2, 0) is 6.61 Å². The van der Waals surface area contributed by atoms with Gasteiger partial charge in [0.2, 0.25) is 5.89 Å². The van der Waals surface area contributed by atoms with Gasteiger partial charge in [-0.2, -0.15) is 0 Å². The van der Waals surface area contributed by atoms with Gasteiger partial charge in [0.1, 0.15) is 0 Å². The van der Waals surface area contributed by atoms with Gasteiger partial charge >= 0.3 is 0 Å². The predicted molar refractivity (Wildman–Crippen MR) is 93.7 cm³/mol. The zero-order valence-electron chi connectivity index (χ0n) is 14.5. The van der Waals surface area contributed by atoms with E-state index in [-0.39, 0.29) is 29.9 Å². The number of Topliss-reactive ketones (excluding diaryl/α,β-unsaturated/α-hetero) is 1. The summed E-state index contributed by atoms with van der Waals surface area (Å²) < 4.78 is 16.4. The van der Waals surface area contributed by atoms with Gasteiger partial charge in [0.05, 0.1) is 12.0 Å². The lowest BCUT2D eigenvalue weighted by molar-refractivity contribution is -0.384. The fourth-order valence-corrected chi connectivity index (χ4v) is 2.30. The van der Waals surface area contributed by atoms with E-state index in [4.69, 9.17) is 13.9 Å². The number of nitro benzene ring substituents is 1. The molecule has 0 unspecified atom stereocenters. The number of rotatable bonds is 7. The third kappa shape index (κ3) is 4.09. The molecule has 2 aromatic carbocycles. The van der Waals surface area contributed by atoms with Gasteiger partial charge in [0, 0.05) is 23.3 Å². The highest BCUT2D eigenvalue weighted by molar-refractivity contribution is 5.94. The Balaban J connectivity index is 1.71. The van der Waals surface area contributed by atoms with Crippen LogP contribution in [-0.4, -0.2) is 28.0 Å². The molecule has 0 atom stereocenters. The van der Waals surface area contributed by atoms with E-state index in [9.17, 15) is 14.9 Å². The Morgan fingerprint density at radius 3 is 2.52 bits per heavy atom. The molecule has 138 valence electrons. The summed E-state index contributed by atoms with van der Waals surface area (Å²) in [7, 11) is 1.48. The van der Waals surface area contributed by atoms with Crippen molar-refractivity contribution >= 4 is 11.5 Å². The first-order valence-corrected chi connectivity index (χ1v) is 7.87. The molecular weight excluding hydrogens is 354 g/mol. The first kappa shape index (κ1) is 18.1. The summed E-state index contributed by atoms with van der Waals surface area (Å²) in [5.41, 5.74) is 1.04. The van der Waals surface area contributed by atoms with Crippen LogP contribution in [0, 0.1) is 10.1 Å². The van der Waals surface area contributed by atoms with Gasteiger partial charge in [-0.1, -0.05) is 0 Å². The second-order valence-electron chi connectivity index (χ2n) is 5.52. The minimum Gasteiger partial charge on any atom is -0.493 e. The highest BCUT2D eigenvalue weighted by Crippen LogP contribution is 2.29. The van der Waals surface area contributed by atoms with Gasteiger partial charge < -0.3 is 13.9 Å². The Morgan fingerprint density at radius 1 is 1.15 bits per heavy atom. The number of ether oxygens (including phenoxy) is 2. The molecule has 0 fully saturated rings. The molecule has 0 aliphatic rings. The van der Waals surface area contributed by atoms with Crippen LogP contribution in [0.5, 0.6) is 11.5 Å². The number of hydrogen-bond acceptors (Lipinski definition) is 8. The lowest BCUT2D eigenvalue weighted by Crippen LogP contribution is -2.00. The molecule has 1 heterocycles. The fourth-order valence-electron chi connectivity index (χ4n) is 2.30. The van der Waals surface area contributed by atoms with Crippen LogP contribution < -0.4 is 9.47 Å². The number of nitro groups is 1. The smallest absolute Gasteiger partial charge is 0.269 e. The van der Waals surface area contributed by atoms with Crippen molar-refractivity contribution < 1.29 is 23.6 Å². The van der Waals surface area contributed by atoms with E-state index in [2.05, 4.69) is 10.2 Å². The van der Waals surface area contributed by atoms with Crippen molar-refractivity contribution in [3.63, 3.8) is 0 Å². The monoisotopic (exact) mass is 369 g/mol. The molecule has 0 radical (unpaired) electrons. The van der Waals surface area contributed by atoms with Crippen molar-refractivity contribution in [3.8, 4) is 23.0 Å². The SMILES string of the molecule is COc1cc(C(C)=O)ccc1OCc1nnc(-c2ccc([N+](=O)[O-])cc2)o1. The maximum absolute atomic E-state index is 11.4. The molecule has 0 saturated carbocycles. The minimum atomic E-state index is -0.484. The Kier molecular flexibility index (Phi) is 5.11. The first-order chi connectivity index (χ1) is 13.0. The number of hydrogen-bond donors (Lipinski definition) is 0. The molecule has 0 spiro atoms. The topological polar surface area (TPSA) is 118 Å². The molecule has 9 heteroatoms. The summed E-state index contributed by atoms with van der Waals surface area (Å²) in [6.45, 7) is 1.46. The van der Waals surface area contributed by atoms with Gasteiger partial charge in [-0.05, 0) is 37.3 Å². The van der Waals surface area contributed by atoms with E-state index in [1.54, 1.807) is 18.2 Å². The normalized spacial score (nSPS) is 10.4. The second kappa shape index (κ2) is 7.65. The molecule has 27 heavy (non-hydrogen) atoms.